The Hall–Kier alpha value is -2.66. The van der Waals surface area contributed by atoms with Gasteiger partial charge >= 0.3 is 6.03 Å². The van der Waals surface area contributed by atoms with E-state index in [1.807, 2.05) is 26.0 Å². The molecule has 2 amide bonds. The SMILES string of the molecule is Cc1cc(N(C)C(N)=O)cc(C)c1CCS(=O)(=O)N1CCC2(CC1)N=C(C1CCC(C)CC1)N/C2=N\O. The minimum absolute atomic E-state index is 0.000653. The number of hydrogen-bond acceptors (Lipinski definition) is 6. The number of piperidine rings is 1. The lowest BCUT2D eigenvalue weighted by molar-refractivity contribution is 0.255. The van der Waals surface area contributed by atoms with Crippen LogP contribution in [0, 0.1) is 25.7 Å². The molecular weight excluding hydrogens is 492 g/mol. The van der Waals surface area contributed by atoms with Crippen LogP contribution >= 0.6 is 0 Å². The lowest BCUT2D eigenvalue weighted by atomic mass is 9.82. The Morgan fingerprint density at radius 1 is 1.22 bits per heavy atom. The van der Waals surface area contributed by atoms with Gasteiger partial charge in [-0.05, 0) is 80.7 Å². The maximum absolute atomic E-state index is 13.3. The van der Waals surface area contributed by atoms with Gasteiger partial charge in [-0.1, -0.05) is 24.9 Å². The summed E-state index contributed by atoms with van der Waals surface area (Å²) in [5.41, 5.74) is 8.21. The zero-order chi connectivity index (χ0) is 27.0. The molecule has 0 aromatic heterocycles. The van der Waals surface area contributed by atoms with E-state index in [9.17, 15) is 18.4 Å². The fourth-order valence-corrected chi connectivity index (χ4v) is 7.38. The van der Waals surface area contributed by atoms with Gasteiger partial charge in [0.15, 0.2) is 5.84 Å². The molecule has 0 unspecified atom stereocenters. The number of primary amides is 1. The van der Waals surface area contributed by atoms with Crippen LogP contribution in [0.2, 0.25) is 0 Å². The van der Waals surface area contributed by atoms with Crippen molar-refractivity contribution in [3.63, 3.8) is 0 Å². The van der Waals surface area contributed by atoms with Crippen molar-refractivity contribution in [3.8, 4) is 0 Å². The first-order valence-electron chi connectivity index (χ1n) is 13.2. The van der Waals surface area contributed by atoms with Crippen LogP contribution in [0.25, 0.3) is 0 Å². The average Bonchev–Trinajstić information content (AvgIpc) is 3.21. The molecule has 204 valence electrons. The quantitative estimate of drug-likeness (QED) is 0.381. The Morgan fingerprint density at radius 3 is 2.35 bits per heavy atom. The summed E-state index contributed by atoms with van der Waals surface area (Å²) < 4.78 is 28.1. The van der Waals surface area contributed by atoms with Gasteiger partial charge in [0.2, 0.25) is 10.0 Å². The summed E-state index contributed by atoms with van der Waals surface area (Å²) in [4.78, 5) is 17.9. The number of aliphatic imine (C=N–C) groups is 1. The number of amidine groups is 2. The largest absolute Gasteiger partial charge is 0.409 e. The number of amides is 2. The van der Waals surface area contributed by atoms with Gasteiger partial charge in [-0.3, -0.25) is 9.89 Å². The molecule has 2 heterocycles. The van der Waals surface area contributed by atoms with Crippen LogP contribution in [-0.2, 0) is 16.4 Å². The van der Waals surface area contributed by atoms with E-state index in [2.05, 4.69) is 17.4 Å². The smallest absolute Gasteiger partial charge is 0.318 e. The highest BCUT2D eigenvalue weighted by Gasteiger charge is 2.47. The molecule has 0 radical (unpaired) electrons. The summed E-state index contributed by atoms with van der Waals surface area (Å²) in [6, 6.07) is 3.17. The zero-order valence-electron chi connectivity index (χ0n) is 22.3. The number of nitrogens with zero attached hydrogens (tertiary/aromatic N) is 4. The minimum Gasteiger partial charge on any atom is -0.409 e. The predicted octanol–water partition coefficient (Wildman–Crippen LogP) is 3.14. The number of nitrogens with two attached hydrogens (primary N) is 1. The monoisotopic (exact) mass is 532 g/mol. The maximum Gasteiger partial charge on any atom is 0.318 e. The molecule has 1 saturated heterocycles. The standard InChI is InChI=1S/C26H40N6O4S/c1-17-5-7-20(8-6-17)23-28-24(30-34)26(29-23)10-12-32(13-11-26)37(35,36)14-9-22-18(2)15-21(16-19(22)3)31(4)25(27)33/h15-17,20,34H,5-14H2,1-4H3,(H2,27,33)(H,28,29,30). The zero-order valence-corrected chi connectivity index (χ0v) is 23.1. The fraction of sp³-hybridized carbons (Fsp3) is 0.654. The van der Waals surface area contributed by atoms with Crippen molar-refractivity contribution in [2.24, 2.45) is 27.7 Å². The van der Waals surface area contributed by atoms with Crippen LogP contribution in [0.1, 0.15) is 62.1 Å². The van der Waals surface area contributed by atoms with E-state index < -0.39 is 21.6 Å². The predicted molar refractivity (Wildman–Crippen MR) is 146 cm³/mol. The number of hydrogen-bond donors (Lipinski definition) is 3. The number of carbonyl (C=O) groups is 1. The van der Waals surface area contributed by atoms with Crippen LogP contribution in [-0.4, -0.2) is 67.1 Å². The van der Waals surface area contributed by atoms with Crippen molar-refractivity contribution in [2.45, 2.75) is 71.3 Å². The number of rotatable bonds is 6. The summed E-state index contributed by atoms with van der Waals surface area (Å²) >= 11 is 0. The molecule has 3 aliphatic rings. The van der Waals surface area contributed by atoms with Crippen LogP contribution in [0.5, 0.6) is 0 Å². The Labute approximate surface area is 220 Å². The first kappa shape index (κ1) is 27.4. The molecule has 10 nitrogen and oxygen atoms in total. The molecule has 4 N–H and O–H groups in total. The fourth-order valence-electron chi connectivity index (χ4n) is 5.92. The molecule has 37 heavy (non-hydrogen) atoms. The van der Waals surface area contributed by atoms with Crippen molar-refractivity contribution in [1.29, 1.82) is 0 Å². The molecule has 1 aliphatic carbocycles. The maximum atomic E-state index is 13.3. The normalized spacial score (nSPS) is 25.2. The minimum atomic E-state index is -3.49. The van der Waals surface area contributed by atoms with Crippen molar-refractivity contribution in [3.05, 3.63) is 28.8 Å². The molecule has 1 spiro atoms. The second-order valence-electron chi connectivity index (χ2n) is 11.0. The number of carbonyl (C=O) groups excluding carboxylic acids is 1. The number of aryl methyl sites for hydroxylation is 2. The molecule has 0 atom stereocenters. The number of oxime groups is 1. The highest BCUT2D eigenvalue weighted by Crippen LogP contribution is 2.36. The van der Waals surface area contributed by atoms with Gasteiger partial charge in [0.05, 0.1) is 5.75 Å². The van der Waals surface area contributed by atoms with Crippen molar-refractivity contribution >= 4 is 33.4 Å². The second-order valence-corrected chi connectivity index (χ2v) is 13.1. The van der Waals surface area contributed by atoms with Crippen LogP contribution in [0.3, 0.4) is 0 Å². The van der Waals surface area contributed by atoms with E-state index in [1.54, 1.807) is 11.4 Å². The average molecular weight is 533 g/mol. The van der Waals surface area contributed by atoms with Gasteiger partial charge in [0.25, 0.3) is 0 Å². The second kappa shape index (κ2) is 10.6. The third-order valence-electron chi connectivity index (χ3n) is 8.48. The molecule has 1 aromatic rings. The highest BCUT2D eigenvalue weighted by molar-refractivity contribution is 7.89. The highest BCUT2D eigenvalue weighted by atomic mass is 32.2. The third-order valence-corrected chi connectivity index (χ3v) is 10.3. The number of anilines is 1. The van der Waals surface area contributed by atoms with Gasteiger partial charge in [-0.2, -0.15) is 0 Å². The molecule has 1 saturated carbocycles. The lowest BCUT2D eigenvalue weighted by Gasteiger charge is -2.36. The molecule has 2 aliphatic heterocycles. The molecule has 11 heteroatoms. The summed E-state index contributed by atoms with van der Waals surface area (Å²) in [6.07, 6.45) is 5.82. The first-order valence-corrected chi connectivity index (χ1v) is 14.8. The molecular formula is C26H40N6O4S. The van der Waals surface area contributed by atoms with E-state index in [0.717, 1.165) is 41.3 Å². The van der Waals surface area contributed by atoms with Crippen molar-refractivity contribution < 1.29 is 18.4 Å². The van der Waals surface area contributed by atoms with Crippen LogP contribution in [0.4, 0.5) is 10.5 Å². The molecule has 0 bridgehead atoms. The third kappa shape index (κ3) is 5.62. The van der Waals surface area contributed by atoms with E-state index in [1.165, 1.54) is 17.7 Å². The summed E-state index contributed by atoms with van der Waals surface area (Å²) in [5.74, 6) is 2.42. The Balaban J connectivity index is 1.41. The van der Waals surface area contributed by atoms with Gasteiger partial charge < -0.3 is 16.3 Å². The molecule has 1 aromatic carbocycles. The topological polar surface area (TPSA) is 141 Å². The summed E-state index contributed by atoms with van der Waals surface area (Å²) in [5, 5.41) is 16.5. The van der Waals surface area contributed by atoms with Crippen molar-refractivity contribution in [1.82, 2.24) is 9.62 Å². The van der Waals surface area contributed by atoms with Gasteiger partial charge in [-0.15, -0.1) is 0 Å². The number of nitrogens with one attached hydrogen (secondary N) is 1. The molecule has 4 rings (SSSR count). The van der Waals surface area contributed by atoms with Crippen LogP contribution < -0.4 is 16.0 Å². The number of sulfonamides is 1. The summed E-state index contributed by atoms with van der Waals surface area (Å²) in [7, 11) is -1.88. The first-order chi connectivity index (χ1) is 17.5. The van der Waals surface area contributed by atoms with Crippen LogP contribution in [0.15, 0.2) is 22.3 Å². The van der Waals surface area contributed by atoms with E-state index >= 15 is 0 Å². The van der Waals surface area contributed by atoms with Gasteiger partial charge in [0.1, 0.15) is 11.4 Å². The van der Waals surface area contributed by atoms with E-state index in [-0.39, 0.29) is 5.75 Å². The van der Waals surface area contributed by atoms with Gasteiger partial charge in [0, 0.05) is 31.7 Å². The van der Waals surface area contributed by atoms with Crippen molar-refractivity contribution in [2.75, 3.05) is 30.8 Å². The lowest BCUT2D eigenvalue weighted by Crippen LogP contribution is -2.51. The number of urea groups is 1. The number of benzene rings is 1. The Kier molecular flexibility index (Phi) is 7.85. The summed E-state index contributed by atoms with van der Waals surface area (Å²) in [6.45, 7) is 6.79. The van der Waals surface area contributed by atoms with E-state index in [0.29, 0.717) is 49.8 Å². The Morgan fingerprint density at radius 2 is 1.81 bits per heavy atom. The van der Waals surface area contributed by atoms with E-state index in [4.69, 9.17) is 10.7 Å². The van der Waals surface area contributed by atoms with Gasteiger partial charge in [-0.25, -0.2) is 17.5 Å². The molecule has 2 fully saturated rings. The Bertz CT molecular complexity index is 1170.